The third-order valence-electron chi connectivity index (χ3n) is 6.84. The predicted octanol–water partition coefficient (Wildman–Crippen LogP) is 9.64. The van der Waals surface area contributed by atoms with E-state index in [1.54, 1.807) is 6.92 Å². The minimum Gasteiger partial charge on any atom is -0.449 e. The molecular formula is C33H35F5O4. The molecule has 3 aromatic carbocycles. The Balaban J connectivity index is 1.63. The molecule has 226 valence electrons. The van der Waals surface area contributed by atoms with Crippen molar-refractivity contribution < 1.29 is 41.0 Å². The second kappa shape index (κ2) is 15.5. The number of hydrogen-bond acceptors (Lipinski definition) is 4. The van der Waals surface area contributed by atoms with Crippen LogP contribution in [0.25, 0.3) is 11.1 Å². The molecule has 0 saturated carbocycles. The monoisotopic (exact) mass is 590 g/mol. The zero-order valence-electron chi connectivity index (χ0n) is 23.7. The van der Waals surface area contributed by atoms with Gasteiger partial charge in [-0.3, -0.25) is 0 Å². The number of benzene rings is 3. The molecule has 3 rings (SSSR count). The lowest BCUT2D eigenvalue weighted by Crippen LogP contribution is -2.34. The Hall–Kier alpha value is -3.75. The van der Waals surface area contributed by atoms with Crippen molar-refractivity contribution in [2.75, 3.05) is 0 Å². The largest absolute Gasteiger partial charge is 0.449 e. The summed E-state index contributed by atoms with van der Waals surface area (Å²) < 4.78 is 78.6. The Kier molecular flexibility index (Phi) is 12.1. The summed E-state index contributed by atoms with van der Waals surface area (Å²) in [5, 5.41) is 0. The first-order chi connectivity index (χ1) is 20.0. The van der Waals surface area contributed by atoms with Gasteiger partial charge in [-0.05, 0) is 61.1 Å². The summed E-state index contributed by atoms with van der Waals surface area (Å²) in [6, 6.07) is 14.0. The quantitative estimate of drug-likeness (QED) is 0.0812. The first-order valence-electron chi connectivity index (χ1n) is 14.2. The highest BCUT2D eigenvalue weighted by atomic mass is 19.4. The Labute approximate surface area is 242 Å². The molecule has 3 aromatic rings. The van der Waals surface area contributed by atoms with Crippen molar-refractivity contribution in [3.05, 3.63) is 89.0 Å². The summed E-state index contributed by atoms with van der Waals surface area (Å²) in [6.07, 6.45) is -0.113. The van der Waals surface area contributed by atoms with Gasteiger partial charge in [0.2, 0.25) is 0 Å². The van der Waals surface area contributed by atoms with E-state index >= 15 is 0 Å². The molecule has 0 fully saturated rings. The summed E-state index contributed by atoms with van der Waals surface area (Å²) in [4.78, 5) is 24.8. The highest BCUT2D eigenvalue weighted by Gasteiger charge is 2.42. The molecule has 9 heteroatoms. The van der Waals surface area contributed by atoms with E-state index in [9.17, 15) is 31.5 Å². The van der Waals surface area contributed by atoms with E-state index in [0.717, 1.165) is 31.0 Å². The molecule has 0 aliphatic rings. The molecule has 1 unspecified atom stereocenters. The molecule has 1 atom stereocenters. The van der Waals surface area contributed by atoms with Crippen LogP contribution in [0.5, 0.6) is 5.75 Å². The van der Waals surface area contributed by atoms with Gasteiger partial charge in [0.25, 0.3) is 0 Å². The van der Waals surface area contributed by atoms with Crippen LogP contribution in [0.3, 0.4) is 0 Å². The number of halogens is 5. The van der Waals surface area contributed by atoms with Gasteiger partial charge in [-0.25, -0.2) is 18.4 Å². The number of ether oxygens (including phenoxy) is 2. The van der Waals surface area contributed by atoms with Gasteiger partial charge in [0.1, 0.15) is 17.4 Å². The predicted molar refractivity (Wildman–Crippen MR) is 150 cm³/mol. The minimum atomic E-state index is -4.79. The van der Waals surface area contributed by atoms with Crippen LogP contribution in [0.2, 0.25) is 0 Å². The molecule has 4 nitrogen and oxygen atoms in total. The average Bonchev–Trinajstić information content (AvgIpc) is 2.95. The van der Waals surface area contributed by atoms with Gasteiger partial charge in [0.05, 0.1) is 11.1 Å². The van der Waals surface area contributed by atoms with Crippen LogP contribution >= 0.6 is 0 Å². The van der Waals surface area contributed by atoms with Crippen molar-refractivity contribution in [2.45, 2.75) is 83.9 Å². The van der Waals surface area contributed by atoms with Crippen LogP contribution in [0.4, 0.5) is 22.0 Å². The number of unbranched alkanes of at least 4 members (excludes halogenated alkanes) is 5. The second-order valence-electron chi connectivity index (χ2n) is 10.2. The molecule has 0 N–H and O–H groups in total. The number of hydrogen-bond donors (Lipinski definition) is 0. The molecule has 0 heterocycles. The number of esters is 2. The smallest absolute Gasteiger partial charge is 0.425 e. The van der Waals surface area contributed by atoms with Gasteiger partial charge in [0.15, 0.2) is 6.10 Å². The van der Waals surface area contributed by atoms with E-state index in [0.29, 0.717) is 23.6 Å². The van der Waals surface area contributed by atoms with Gasteiger partial charge in [0, 0.05) is 11.6 Å². The van der Waals surface area contributed by atoms with E-state index in [2.05, 4.69) is 11.7 Å². The van der Waals surface area contributed by atoms with E-state index in [1.807, 2.05) is 24.3 Å². The number of aryl methyl sites for hydroxylation is 1. The first-order valence-corrected chi connectivity index (χ1v) is 14.2. The molecule has 0 spiro atoms. The fourth-order valence-corrected chi connectivity index (χ4v) is 4.42. The van der Waals surface area contributed by atoms with Gasteiger partial charge >= 0.3 is 18.1 Å². The highest BCUT2D eigenvalue weighted by Crippen LogP contribution is 2.29. The van der Waals surface area contributed by atoms with Gasteiger partial charge in [-0.2, -0.15) is 13.2 Å². The van der Waals surface area contributed by atoms with Crippen LogP contribution < -0.4 is 4.74 Å². The van der Waals surface area contributed by atoms with E-state index in [-0.39, 0.29) is 17.7 Å². The van der Waals surface area contributed by atoms with Crippen molar-refractivity contribution in [1.82, 2.24) is 0 Å². The molecule has 0 aromatic heterocycles. The highest BCUT2D eigenvalue weighted by molar-refractivity contribution is 5.92. The first kappa shape index (κ1) is 32.8. The standard InChI is InChI=1S/C33H35F5O4/c1-3-5-7-8-9-10-22-12-14-23(15-13-22)26-18-16-24(20-28(26)34)31(39)41-25-17-19-27(29(35)21-25)32(40)42-30(11-6-4-2)33(36,37)38/h12-21,30H,3-11H2,1-2H3. The zero-order chi connectivity index (χ0) is 30.7. The second-order valence-corrected chi connectivity index (χ2v) is 10.2. The van der Waals surface area contributed by atoms with Crippen LogP contribution in [-0.2, 0) is 11.2 Å². The fourth-order valence-electron chi connectivity index (χ4n) is 4.42. The summed E-state index contributed by atoms with van der Waals surface area (Å²) in [5.41, 5.74) is 1.24. The normalized spacial score (nSPS) is 12.2. The molecule has 0 aliphatic heterocycles. The topological polar surface area (TPSA) is 52.6 Å². The lowest BCUT2D eigenvalue weighted by atomic mass is 9.99. The number of rotatable bonds is 14. The molecule has 0 saturated heterocycles. The Morgan fingerprint density at radius 2 is 1.45 bits per heavy atom. The van der Waals surface area contributed by atoms with Gasteiger partial charge in [-0.15, -0.1) is 0 Å². The zero-order valence-corrected chi connectivity index (χ0v) is 23.7. The Morgan fingerprint density at radius 3 is 2.07 bits per heavy atom. The van der Waals surface area contributed by atoms with Crippen molar-refractivity contribution >= 4 is 11.9 Å². The van der Waals surface area contributed by atoms with E-state index < -0.39 is 47.8 Å². The lowest BCUT2D eigenvalue weighted by Gasteiger charge is -2.20. The summed E-state index contributed by atoms with van der Waals surface area (Å²) >= 11 is 0. The van der Waals surface area contributed by atoms with Gasteiger partial charge in [-0.1, -0.05) is 76.3 Å². The van der Waals surface area contributed by atoms with Crippen molar-refractivity contribution in [1.29, 1.82) is 0 Å². The summed E-state index contributed by atoms with van der Waals surface area (Å²) in [6.45, 7) is 3.86. The third-order valence-corrected chi connectivity index (χ3v) is 6.84. The average molecular weight is 591 g/mol. The molecular weight excluding hydrogens is 555 g/mol. The number of alkyl halides is 3. The van der Waals surface area contributed by atoms with Crippen molar-refractivity contribution in [2.24, 2.45) is 0 Å². The minimum absolute atomic E-state index is 0.132. The maximum absolute atomic E-state index is 14.9. The SMILES string of the molecule is CCCCCCCc1ccc(-c2ccc(C(=O)Oc3ccc(C(=O)OC(CCCC)C(F)(F)F)c(F)c3)cc2F)cc1. The molecule has 42 heavy (non-hydrogen) atoms. The maximum Gasteiger partial charge on any atom is 0.425 e. The summed E-state index contributed by atoms with van der Waals surface area (Å²) in [5.74, 6) is -4.66. The van der Waals surface area contributed by atoms with Crippen LogP contribution in [0.1, 0.15) is 91.5 Å². The van der Waals surface area contributed by atoms with Gasteiger partial charge < -0.3 is 9.47 Å². The van der Waals surface area contributed by atoms with Crippen molar-refractivity contribution in [3.8, 4) is 16.9 Å². The molecule has 0 radical (unpaired) electrons. The van der Waals surface area contributed by atoms with E-state index in [4.69, 9.17) is 4.74 Å². The number of carbonyl (C=O) groups is 2. The fraction of sp³-hybridized carbons (Fsp3) is 0.394. The summed E-state index contributed by atoms with van der Waals surface area (Å²) in [7, 11) is 0. The Bertz CT molecular complexity index is 1340. The van der Waals surface area contributed by atoms with Crippen LogP contribution in [0, 0.1) is 11.6 Å². The van der Waals surface area contributed by atoms with E-state index in [1.165, 1.54) is 43.4 Å². The molecule has 0 aliphatic carbocycles. The Morgan fingerprint density at radius 1 is 0.762 bits per heavy atom. The molecule has 0 amide bonds. The van der Waals surface area contributed by atoms with Crippen LogP contribution in [-0.4, -0.2) is 24.2 Å². The maximum atomic E-state index is 14.9. The lowest BCUT2D eigenvalue weighted by molar-refractivity contribution is -0.206. The van der Waals surface area contributed by atoms with Crippen molar-refractivity contribution in [3.63, 3.8) is 0 Å². The third kappa shape index (κ3) is 9.39. The number of carbonyl (C=O) groups excluding carboxylic acids is 2. The van der Waals surface area contributed by atoms with Crippen LogP contribution in [0.15, 0.2) is 60.7 Å². The molecule has 0 bridgehead atoms.